The summed E-state index contributed by atoms with van der Waals surface area (Å²) in [6.07, 6.45) is -7.00. The summed E-state index contributed by atoms with van der Waals surface area (Å²) in [6.45, 7) is 14.7. The number of rotatable bonds is 6. The molecule has 77 heavy (non-hydrogen) atoms. The van der Waals surface area contributed by atoms with Crippen LogP contribution in [0.15, 0.2) is 127 Å². The number of ether oxygens (including phenoxy) is 10. The molecule has 6 bridgehead atoms. The number of amidine groups is 4. The second kappa shape index (κ2) is 16.1. The van der Waals surface area contributed by atoms with Gasteiger partial charge in [-0.15, -0.1) is 0 Å². The largest absolute Gasteiger partial charge is 0.603 e. The van der Waals surface area contributed by atoms with Gasteiger partial charge in [-0.2, -0.15) is 0 Å². The quantitative estimate of drug-likeness (QED) is 0.172. The van der Waals surface area contributed by atoms with Crippen LogP contribution in [0.25, 0.3) is 21.5 Å². The van der Waals surface area contributed by atoms with Crippen molar-refractivity contribution in [1.82, 2.24) is 8.47 Å². The van der Waals surface area contributed by atoms with E-state index in [9.17, 15) is 0 Å². The van der Waals surface area contributed by atoms with E-state index in [1.54, 1.807) is 0 Å². The Labute approximate surface area is 441 Å². The normalized spacial score (nSPS) is 32.4. The molecule has 6 aromatic rings. The number of hydrogen-bond donors (Lipinski definition) is 0. The number of fused-ring (bicyclic) bond motifs is 20. The molecular weight excluding hydrogens is 1000 g/mol. The second-order valence-electron chi connectivity index (χ2n) is 22.7. The summed E-state index contributed by atoms with van der Waals surface area (Å²) in [5, 5.41) is 3.01. The monoisotopic (exact) mass is 1060 g/mol. The van der Waals surface area contributed by atoms with Crippen LogP contribution in [0.5, 0.6) is 0 Å². The van der Waals surface area contributed by atoms with Crippen molar-refractivity contribution in [2.24, 2.45) is 30.0 Å². The van der Waals surface area contributed by atoms with Gasteiger partial charge in [-0.05, 0) is 55.4 Å². The highest BCUT2D eigenvalue weighted by molar-refractivity contribution is 6.66. The molecular formula is C56H54N8O12Si. The van der Waals surface area contributed by atoms with Crippen LogP contribution in [0.2, 0.25) is 0 Å². The maximum atomic E-state index is 8.05. The Morgan fingerprint density at radius 3 is 1.14 bits per heavy atom. The highest BCUT2D eigenvalue weighted by Gasteiger charge is 2.64. The van der Waals surface area contributed by atoms with Gasteiger partial charge in [0.25, 0.3) is 0 Å². The van der Waals surface area contributed by atoms with Gasteiger partial charge in [-0.1, -0.05) is 97.1 Å². The van der Waals surface area contributed by atoms with E-state index in [0.29, 0.717) is 46.0 Å². The first-order chi connectivity index (χ1) is 37.0. The van der Waals surface area contributed by atoms with E-state index in [2.05, 4.69) is 0 Å². The van der Waals surface area contributed by atoms with Gasteiger partial charge in [0.05, 0.1) is 13.2 Å². The molecule has 0 unspecified atom stereocenters. The highest BCUT2D eigenvalue weighted by Crippen LogP contribution is 2.49. The van der Waals surface area contributed by atoms with Gasteiger partial charge in [-0.3, -0.25) is 8.47 Å². The predicted octanol–water partition coefficient (Wildman–Crippen LogP) is 6.20. The van der Waals surface area contributed by atoms with Gasteiger partial charge in [0, 0.05) is 43.8 Å². The Morgan fingerprint density at radius 2 is 0.727 bits per heavy atom. The topological polar surface area (TPSA) is 195 Å². The molecule has 6 saturated heterocycles. The fourth-order valence-corrected chi connectivity index (χ4v) is 16.1. The predicted molar refractivity (Wildman–Crippen MR) is 278 cm³/mol. The summed E-state index contributed by atoms with van der Waals surface area (Å²) in [5.74, 6) is -1.22. The van der Waals surface area contributed by atoms with E-state index in [1.165, 1.54) is 0 Å². The lowest BCUT2D eigenvalue weighted by Crippen LogP contribution is -2.67. The lowest BCUT2D eigenvalue weighted by Gasteiger charge is -2.41. The summed E-state index contributed by atoms with van der Waals surface area (Å²) in [6, 6.07) is 32.0. The van der Waals surface area contributed by atoms with Gasteiger partial charge in [0.1, 0.15) is 71.4 Å². The van der Waals surface area contributed by atoms with Crippen LogP contribution in [0.1, 0.15) is 77.6 Å². The molecule has 0 amide bonds. The molecule has 12 heterocycles. The molecule has 21 heteroatoms. The van der Waals surface area contributed by atoms with Crippen LogP contribution in [0, 0.1) is 0 Å². The van der Waals surface area contributed by atoms with Crippen LogP contribution in [-0.4, -0.2) is 138 Å². The van der Waals surface area contributed by atoms with Crippen molar-refractivity contribution in [2.45, 2.75) is 140 Å². The number of aromatic nitrogens is 2. The van der Waals surface area contributed by atoms with Gasteiger partial charge < -0.3 is 56.2 Å². The molecule has 0 saturated carbocycles. The standard InChI is InChI=1S/C56H54N8O12Si/c1-53(2)69-37-35(67-51-41(39(37)71-53)73-55(5,6)75-51)25-65-77(66-26-36-38-40(72-54(3,4)70-38)42-52(68-36)76-56(7,8)74-42)63-47-31-21-13-14-22-32(31)49(63)61-45-29-19-11-12-20-30(29)46(58-45)62-50-34-24-16-15-23-33(34)48(64(50)77)60-44-28-18-10-9-17-27(28)43(57-44)59-47/h9-24,35-42,51-52H,25-26H2,1-8H3/t35-,36-,37+,38+,39+,40+,41-,42-,51-,52-/m1/s1. The smallest absolute Gasteiger partial charge is 0.358 e. The zero-order chi connectivity index (χ0) is 52.1. The van der Waals surface area contributed by atoms with Crippen molar-refractivity contribution >= 4 is 65.4 Å². The van der Waals surface area contributed by atoms with Crippen molar-refractivity contribution in [3.05, 3.63) is 130 Å². The fraction of sp³-hybridized carbons (Fsp3) is 0.429. The number of aliphatic imine (C=N–C) groups is 4. The first-order valence-electron chi connectivity index (χ1n) is 26.3. The van der Waals surface area contributed by atoms with Crippen LogP contribution in [0.3, 0.4) is 0 Å². The molecule has 20 nitrogen and oxygen atoms in total. The van der Waals surface area contributed by atoms with E-state index in [0.717, 1.165) is 43.8 Å². The number of nitrogens with zero attached hydrogens (tertiary/aromatic N) is 8. The summed E-state index contributed by atoms with van der Waals surface area (Å²) in [4.78, 5) is 33.0. The molecule has 16 rings (SSSR count). The Kier molecular flexibility index (Phi) is 9.81. The molecule has 2 aromatic heterocycles. The average molecular weight is 1060 g/mol. The average Bonchev–Trinajstić information content (AvgIpc) is 4.26. The molecule has 6 fully saturated rings. The minimum Gasteiger partial charge on any atom is -0.358 e. The molecule has 394 valence electrons. The third kappa shape index (κ3) is 7.06. The summed E-state index contributed by atoms with van der Waals surface area (Å²) in [7, 11) is -4.84. The van der Waals surface area contributed by atoms with E-state index >= 15 is 0 Å². The maximum absolute atomic E-state index is 8.05. The van der Waals surface area contributed by atoms with Crippen LogP contribution in [-0.2, 0) is 56.2 Å². The van der Waals surface area contributed by atoms with Crippen molar-refractivity contribution < 1.29 is 56.2 Å². The zero-order valence-electron chi connectivity index (χ0n) is 43.4. The third-order valence-corrected chi connectivity index (χ3v) is 18.8. The third-order valence-electron chi connectivity index (χ3n) is 15.7. The minimum atomic E-state index is -4.84. The van der Waals surface area contributed by atoms with Crippen molar-refractivity contribution in [3.8, 4) is 0 Å². The summed E-state index contributed by atoms with van der Waals surface area (Å²) < 4.78 is 86.9. The Balaban J connectivity index is 1.00. The lowest BCUT2D eigenvalue weighted by molar-refractivity contribution is -0.243. The fourth-order valence-electron chi connectivity index (χ4n) is 12.8. The molecule has 10 aliphatic heterocycles. The summed E-state index contributed by atoms with van der Waals surface area (Å²) >= 11 is 0. The van der Waals surface area contributed by atoms with E-state index in [-0.39, 0.29) is 13.2 Å². The molecule has 4 aromatic carbocycles. The van der Waals surface area contributed by atoms with Crippen molar-refractivity contribution in [1.29, 1.82) is 0 Å². The van der Waals surface area contributed by atoms with Gasteiger partial charge in [-0.25, -0.2) is 30.0 Å². The Bertz CT molecular complexity index is 3590. The van der Waals surface area contributed by atoms with Crippen LogP contribution in [0.4, 0.5) is 11.6 Å². The molecule has 0 aliphatic carbocycles. The molecule has 0 radical (unpaired) electrons. The lowest BCUT2D eigenvalue weighted by atomic mass is 9.99. The maximum Gasteiger partial charge on any atom is 0.603 e. The molecule has 0 spiro atoms. The number of hydrogen-bond acceptors (Lipinski definition) is 18. The Morgan fingerprint density at radius 1 is 0.390 bits per heavy atom. The highest BCUT2D eigenvalue weighted by atomic mass is 28.4. The SMILES string of the molecule is CC1(C)O[C@H]2[C@@H](O1)[C@@H](CO[Si]1(OC[C@H]3O[C@@H]4OC(C)(C)O[C@@H]4[C@H]4OC(C)(C)O[C@H]43)n3c4c5ccccc5c3N=C3N=C(N=c5c6ccccc6c(n51)=NC1=NC(=N4)c4ccccc41)c1ccccc13)O[C@@H]1OC(C)(C)O[C@@H]12. The van der Waals surface area contributed by atoms with Crippen molar-refractivity contribution in [3.63, 3.8) is 0 Å². The Hall–Kier alpha value is -6.02. The number of benzene rings is 4. The van der Waals surface area contributed by atoms with Crippen LogP contribution < -0.4 is 11.0 Å². The minimum absolute atomic E-state index is 0.143. The van der Waals surface area contributed by atoms with Crippen molar-refractivity contribution in [2.75, 3.05) is 13.2 Å². The van der Waals surface area contributed by atoms with Crippen LogP contribution >= 0.6 is 0 Å². The van der Waals surface area contributed by atoms with E-state index in [1.807, 2.05) is 161 Å². The first-order valence-corrected chi connectivity index (χ1v) is 28.0. The molecule has 0 N–H and O–H groups in total. The van der Waals surface area contributed by atoms with E-state index < -0.39 is 93.4 Å². The molecule has 10 atom stereocenters. The molecule has 10 aliphatic rings. The zero-order valence-corrected chi connectivity index (χ0v) is 44.4. The van der Waals surface area contributed by atoms with Gasteiger partial charge in [0.15, 0.2) is 59.1 Å². The second-order valence-corrected chi connectivity index (χ2v) is 25.3. The van der Waals surface area contributed by atoms with E-state index in [4.69, 9.17) is 86.2 Å². The van der Waals surface area contributed by atoms with Gasteiger partial charge >= 0.3 is 8.88 Å². The van der Waals surface area contributed by atoms with Gasteiger partial charge in [0.2, 0.25) is 0 Å². The first kappa shape index (κ1) is 47.0. The summed E-state index contributed by atoms with van der Waals surface area (Å²) in [5.41, 5.74) is 4.15.